The molecule has 0 radical (unpaired) electrons. The lowest BCUT2D eigenvalue weighted by Crippen LogP contribution is -2.49. The van der Waals surface area contributed by atoms with Crippen molar-refractivity contribution >= 4 is 58.2 Å². The summed E-state index contributed by atoms with van der Waals surface area (Å²) in [7, 11) is 0. The molecule has 0 saturated carbocycles. The Morgan fingerprint density at radius 1 is 0.811 bits per heavy atom. The number of halogens is 3. The van der Waals surface area contributed by atoms with Crippen molar-refractivity contribution in [3.05, 3.63) is 99.3 Å². The number of piperazine rings is 1. The van der Waals surface area contributed by atoms with E-state index < -0.39 is 0 Å². The molecular weight excluding hydrogens is 549 g/mol. The van der Waals surface area contributed by atoms with Crippen LogP contribution in [0.2, 0.25) is 15.1 Å². The van der Waals surface area contributed by atoms with Gasteiger partial charge in [-0.3, -0.25) is 9.36 Å². The first-order chi connectivity index (χ1) is 18.0. The van der Waals surface area contributed by atoms with Crippen LogP contribution in [0.15, 0.2) is 78.0 Å². The number of nitrogens with zero attached hydrogens (tertiary/aromatic N) is 5. The molecule has 1 aromatic heterocycles. The zero-order valence-electron chi connectivity index (χ0n) is 19.9. The largest absolute Gasteiger partial charge is 0.368 e. The monoisotopic (exact) mass is 571 g/mol. The Morgan fingerprint density at radius 3 is 2.32 bits per heavy atom. The van der Waals surface area contributed by atoms with Crippen LogP contribution in [0, 0.1) is 0 Å². The quantitative estimate of drug-likeness (QED) is 0.245. The number of aromatic nitrogens is 3. The van der Waals surface area contributed by atoms with Crippen LogP contribution in [0.4, 0.5) is 5.69 Å². The van der Waals surface area contributed by atoms with Crippen LogP contribution < -0.4 is 4.90 Å². The van der Waals surface area contributed by atoms with Crippen molar-refractivity contribution in [2.75, 3.05) is 36.8 Å². The van der Waals surface area contributed by atoms with Gasteiger partial charge in [-0.1, -0.05) is 83.0 Å². The molecule has 0 aliphatic carbocycles. The third-order valence-corrected chi connectivity index (χ3v) is 8.09. The lowest BCUT2D eigenvalue weighted by atomic mass is 10.1. The maximum atomic E-state index is 13.1. The third kappa shape index (κ3) is 6.24. The molecule has 1 aliphatic rings. The second-order valence-electron chi connectivity index (χ2n) is 8.63. The highest BCUT2D eigenvalue weighted by Gasteiger charge is 2.23. The van der Waals surface area contributed by atoms with E-state index in [2.05, 4.69) is 15.1 Å². The average molecular weight is 573 g/mol. The first-order valence-corrected chi connectivity index (χ1v) is 13.9. The second-order valence-corrected chi connectivity index (χ2v) is 10.8. The van der Waals surface area contributed by atoms with E-state index in [0.717, 1.165) is 35.9 Å². The minimum absolute atomic E-state index is 0.0732. The number of thioether (sulfide) groups is 1. The summed E-state index contributed by atoms with van der Waals surface area (Å²) < 4.78 is 1.95. The van der Waals surface area contributed by atoms with Gasteiger partial charge in [-0.2, -0.15) is 0 Å². The summed E-state index contributed by atoms with van der Waals surface area (Å²) in [6, 6.07) is 23.3. The molecule has 0 atom stereocenters. The van der Waals surface area contributed by atoms with Gasteiger partial charge in [0.1, 0.15) is 5.82 Å². The molecule has 10 heteroatoms. The molecule has 2 heterocycles. The van der Waals surface area contributed by atoms with E-state index in [1.54, 1.807) is 12.1 Å². The minimum Gasteiger partial charge on any atom is -0.368 e. The second kappa shape index (κ2) is 11.8. The van der Waals surface area contributed by atoms with Gasteiger partial charge in [0.15, 0.2) is 5.16 Å². The van der Waals surface area contributed by atoms with Crippen molar-refractivity contribution in [2.24, 2.45) is 0 Å². The Hall–Kier alpha value is -2.71. The van der Waals surface area contributed by atoms with Gasteiger partial charge in [-0.15, -0.1) is 10.2 Å². The summed E-state index contributed by atoms with van der Waals surface area (Å²) in [5.41, 5.74) is 2.99. The van der Waals surface area contributed by atoms with Crippen LogP contribution in [0.3, 0.4) is 0 Å². The van der Waals surface area contributed by atoms with E-state index in [1.165, 1.54) is 11.8 Å². The number of benzene rings is 3. The number of hydrogen-bond acceptors (Lipinski definition) is 5. The molecule has 190 valence electrons. The van der Waals surface area contributed by atoms with Crippen LogP contribution in [0.25, 0.3) is 5.69 Å². The van der Waals surface area contributed by atoms with Gasteiger partial charge < -0.3 is 9.80 Å². The minimum atomic E-state index is 0.0732. The lowest BCUT2D eigenvalue weighted by molar-refractivity contribution is -0.128. The van der Waals surface area contributed by atoms with Gasteiger partial charge in [0.25, 0.3) is 0 Å². The lowest BCUT2D eigenvalue weighted by Gasteiger charge is -2.36. The number of amides is 1. The fourth-order valence-corrected chi connectivity index (χ4v) is 5.63. The van der Waals surface area contributed by atoms with E-state index in [9.17, 15) is 4.79 Å². The fraction of sp³-hybridized carbons (Fsp3) is 0.222. The third-order valence-electron chi connectivity index (χ3n) is 6.20. The zero-order chi connectivity index (χ0) is 25.8. The number of anilines is 1. The predicted molar refractivity (Wildman–Crippen MR) is 152 cm³/mol. The van der Waals surface area contributed by atoms with Crippen LogP contribution in [-0.4, -0.2) is 57.5 Å². The van der Waals surface area contributed by atoms with Crippen molar-refractivity contribution in [1.82, 2.24) is 19.7 Å². The standard InChI is InChI=1S/C27H24Cl3N5OS/c28-20-7-4-8-21(16-20)33-11-13-34(14-12-33)26(36)18-37-27-32-31-25(15-19-5-2-1-3-6-19)35(27)22-9-10-23(29)24(30)17-22/h1-10,16-17H,11-15,18H2. The maximum absolute atomic E-state index is 13.1. The first kappa shape index (κ1) is 25.9. The molecule has 0 N–H and O–H groups in total. The molecular formula is C27H24Cl3N5OS. The molecule has 0 unspecified atom stereocenters. The molecule has 1 saturated heterocycles. The highest BCUT2D eigenvalue weighted by atomic mass is 35.5. The van der Waals surface area contributed by atoms with Crippen molar-refractivity contribution in [3.8, 4) is 5.69 Å². The molecule has 3 aromatic carbocycles. The van der Waals surface area contributed by atoms with Crippen LogP contribution >= 0.6 is 46.6 Å². The molecule has 1 fully saturated rings. The van der Waals surface area contributed by atoms with Gasteiger partial charge in [-0.05, 0) is 42.0 Å². The Bertz CT molecular complexity index is 1390. The highest BCUT2D eigenvalue weighted by Crippen LogP contribution is 2.29. The molecule has 6 nitrogen and oxygen atoms in total. The smallest absolute Gasteiger partial charge is 0.233 e. The topological polar surface area (TPSA) is 54.3 Å². The highest BCUT2D eigenvalue weighted by molar-refractivity contribution is 7.99. The fourth-order valence-electron chi connectivity index (χ4n) is 4.27. The molecule has 1 aliphatic heterocycles. The zero-order valence-corrected chi connectivity index (χ0v) is 22.9. The Balaban J connectivity index is 1.29. The van der Waals surface area contributed by atoms with Crippen molar-refractivity contribution < 1.29 is 4.79 Å². The van der Waals surface area contributed by atoms with Crippen LogP contribution in [0.5, 0.6) is 0 Å². The van der Waals surface area contributed by atoms with E-state index >= 15 is 0 Å². The van der Waals surface area contributed by atoms with E-state index in [0.29, 0.717) is 39.7 Å². The predicted octanol–water partition coefficient (Wildman–Crippen LogP) is 6.26. The summed E-state index contributed by atoms with van der Waals surface area (Å²) in [6.07, 6.45) is 0.591. The summed E-state index contributed by atoms with van der Waals surface area (Å²) >= 11 is 20.0. The molecule has 0 spiro atoms. The molecule has 1 amide bonds. The Labute approximate surface area is 235 Å². The van der Waals surface area contributed by atoms with Crippen LogP contribution in [-0.2, 0) is 11.2 Å². The summed E-state index contributed by atoms with van der Waals surface area (Å²) in [5, 5.41) is 11.2. The van der Waals surface area contributed by atoms with Gasteiger partial charge >= 0.3 is 0 Å². The van der Waals surface area contributed by atoms with Crippen molar-refractivity contribution in [1.29, 1.82) is 0 Å². The number of rotatable bonds is 7. The normalized spacial score (nSPS) is 13.7. The van der Waals surface area contributed by atoms with Crippen molar-refractivity contribution in [2.45, 2.75) is 11.6 Å². The van der Waals surface area contributed by atoms with Crippen LogP contribution in [0.1, 0.15) is 11.4 Å². The molecule has 37 heavy (non-hydrogen) atoms. The van der Waals surface area contributed by atoms with E-state index in [4.69, 9.17) is 34.8 Å². The first-order valence-electron chi connectivity index (χ1n) is 11.8. The molecule has 0 bridgehead atoms. The Morgan fingerprint density at radius 2 is 1.59 bits per heavy atom. The number of carbonyl (C=O) groups is 1. The Kier molecular flexibility index (Phi) is 8.25. The van der Waals surface area contributed by atoms with Gasteiger partial charge in [0, 0.05) is 43.3 Å². The number of hydrogen-bond donors (Lipinski definition) is 0. The average Bonchev–Trinajstić information content (AvgIpc) is 3.31. The van der Waals surface area contributed by atoms with Gasteiger partial charge in [0.05, 0.1) is 21.5 Å². The summed E-state index contributed by atoms with van der Waals surface area (Å²) in [6.45, 7) is 2.84. The van der Waals surface area contributed by atoms with E-state index in [-0.39, 0.29) is 11.7 Å². The molecule has 4 aromatic rings. The summed E-state index contributed by atoms with van der Waals surface area (Å²) in [5.74, 6) is 1.10. The van der Waals surface area contributed by atoms with E-state index in [1.807, 2.05) is 70.1 Å². The summed E-state index contributed by atoms with van der Waals surface area (Å²) in [4.78, 5) is 17.2. The van der Waals surface area contributed by atoms with Gasteiger partial charge in [-0.25, -0.2) is 0 Å². The van der Waals surface area contributed by atoms with Gasteiger partial charge in [0.2, 0.25) is 5.91 Å². The maximum Gasteiger partial charge on any atom is 0.233 e. The molecule has 5 rings (SSSR count). The van der Waals surface area contributed by atoms with Crippen molar-refractivity contribution in [3.63, 3.8) is 0 Å². The SMILES string of the molecule is O=C(CSc1nnc(Cc2ccccc2)n1-c1ccc(Cl)c(Cl)c1)N1CCN(c2cccc(Cl)c2)CC1. The number of carbonyl (C=O) groups excluding carboxylic acids is 1.